The second-order valence-electron chi connectivity index (χ2n) is 7.61. The average molecular weight is 399 g/mol. The highest BCUT2D eigenvalue weighted by atomic mass is 16.6. The van der Waals surface area contributed by atoms with E-state index >= 15 is 0 Å². The van der Waals surface area contributed by atoms with E-state index in [1.165, 1.54) is 11.1 Å². The summed E-state index contributed by atoms with van der Waals surface area (Å²) in [5, 5.41) is 0. The molecule has 2 aromatic carbocycles. The Bertz CT molecular complexity index is 559. The molecule has 0 aliphatic carbocycles. The molecule has 0 aliphatic rings. The van der Waals surface area contributed by atoms with Crippen LogP contribution < -0.4 is 0 Å². The lowest BCUT2D eigenvalue weighted by Gasteiger charge is -2.22. The normalized spacial score (nSPS) is 13.3. The smallest absolute Gasteiger partial charge is 0.0848 e. The van der Waals surface area contributed by atoms with E-state index in [4.69, 9.17) is 14.2 Å². The lowest BCUT2D eigenvalue weighted by molar-refractivity contribution is -0.0573. The topological polar surface area (TPSA) is 27.7 Å². The fourth-order valence-electron chi connectivity index (χ4n) is 3.21. The molecule has 3 heteroatoms. The highest BCUT2D eigenvalue weighted by molar-refractivity contribution is 5.16. The molecule has 2 atom stereocenters. The summed E-state index contributed by atoms with van der Waals surface area (Å²) >= 11 is 0. The van der Waals surface area contributed by atoms with Crippen molar-refractivity contribution in [3.8, 4) is 0 Å². The summed E-state index contributed by atoms with van der Waals surface area (Å²) in [7, 11) is 0. The third-order valence-electron chi connectivity index (χ3n) is 4.92. The van der Waals surface area contributed by atoms with Gasteiger partial charge >= 0.3 is 0 Å². The molecule has 0 heterocycles. The molecule has 29 heavy (non-hydrogen) atoms. The minimum atomic E-state index is 0.0805. The van der Waals surface area contributed by atoms with E-state index in [0.717, 1.165) is 51.7 Å². The van der Waals surface area contributed by atoms with E-state index in [1.54, 1.807) is 0 Å². The van der Waals surface area contributed by atoms with Crippen LogP contribution in [0, 0.1) is 0 Å². The first kappa shape index (κ1) is 23.6. The van der Waals surface area contributed by atoms with Gasteiger partial charge in [-0.15, -0.1) is 0 Å². The van der Waals surface area contributed by atoms with Gasteiger partial charge in [-0.05, 0) is 24.0 Å². The fourth-order valence-corrected chi connectivity index (χ4v) is 3.21. The molecule has 0 saturated carbocycles. The van der Waals surface area contributed by atoms with E-state index in [1.807, 2.05) is 0 Å². The van der Waals surface area contributed by atoms with Crippen LogP contribution in [0.5, 0.6) is 0 Å². The van der Waals surface area contributed by atoms with Gasteiger partial charge in [0.2, 0.25) is 0 Å². The minimum Gasteiger partial charge on any atom is -0.376 e. The molecule has 0 aromatic heterocycles. The van der Waals surface area contributed by atoms with Crippen LogP contribution in [0.2, 0.25) is 0 Å². The van der Waals surface area contributed by atoms with Crippen LogP contribution in [0.25, 0.3) is 0 Å². The molecule has 3 nitrogen and oxygen atoms in total. The molecule has 0 fully saturated rings. The van der Waals surface area contributed by atoms with Crippen LogP contribution in [0.4, 0.5) is 0 Å². The third kappa shape index (κ3) is 10.6. The molecule has 0 N–H and O–H groups in total. The Morgan fingerprint density at radius 3 is 1.41 bits per heavy atom. The number of hydrogen-bond donors (Lipinski definition) is 0. The van der Waals surface area contributed by atoms with Crippen LogP contribution >= 0.6 is 0 Å². The van der Waals surface area contributed by atoms with Crippen molar-refractivity contribution in [1.29, 1.82) is 0 Å². The maximum atomic E-state index is 6.12. The van der Waals surface area contributed by atoms with E-state index in [9.17, 15) is 0 Å². The molecule has 0 spiro atoms. The van der Waals surface area contributed by atoms with Crippen LogP contribution in [0.3, 0.4) is 0 Å². The summed E-state index contributed by atoms with van der Waals surface area (Å²) in [6.45, 7) is 7.15. The van der Waals surface area contributed by atoms with Gasteiger partial charge in [0.1, 0.15) is 0 Å². The number of rotatable bonds is 16. The summed E-state index contributed by atoms with van der Waals surface area (Å²) in [6.07, 6.45) is 6.38. The van der Waals surface area contributed by atoms with Gasteiger partial charge in [0.05, 0.1) is 25.4 Å². The van der Waals surface area contributed by atoms with Gasteiger partial charge < -0.3 is 14.2 Å². The molecule has 2 aromatic rings. The number of ether oxygens (including phenoxy) is 3. The molecule has 2 unspecified atom stereocenters. The highest BCUT2D eigenvalue weighted by Crippen LogP contribution is 2.11. The van der Waals surface area contributed by atoms with E-state index in [0.29, 0.717) is 13.2 Å². The van der Waals surface area contributed by atoms with Gasteiger partial charge in [0, 0.05) is 26.1 Å². The molecule has 0 aliphatic heterocycles. The second-order valence-corrected chi connectivity index (χ2v) is 7.61. The Morgan fingerprint density at radius 1 is 0.621 bits per heavy atom. The fraction of sp³-hybridized carbons (Fsp3) is 0.538. The Labute approximate surface area is 177 Å². The Kier molecular flexibility index (Phi) is 12.4. The van der Waals surface area contributed by atoms with Crippen LogP contribution in [0.1, 0.15) is 50.7 Å². The van der Waals surface area contributed by atoms with Crippen LogP contribution in [-0.2, 0) is 27.1 Å². The maximum Gasteiger partial charge on any atom is 0.0848 e. The summed E-state index contributed by atoms with van der Waals surface area (Å²) < 4.78 is 18.4. The maximum absolute atomic E-state index is 6.12. The van der Waals surface area contributed by atoms with Gasteiger partial charge in [-0.25, -0.2) is 0 Å². The van der Waals surface area contributed by atoms with Crippen molar-refractivity contribution in [1.82, 2.24) is 0 Å². The first-order chi connectivity index (χ1) is 14.3. The van der Waals surface area contributed by atoms with E-state index in [-0.39, 0.29) is 12.2 Å². The van der Waals surface area contributed by atoms with Gasteiger partial charge in [0.25, 0.3) is 0 Å². The second kappa shape index (κ2) is 15.2. The van der Waals surface area contributed by atoms with Gasteiger partial charge in [-0.2, -0.15) is 0 Å². The molecular weight excluding hydrogens is 360 g/mol. The summed E-state index contributed by atoms with van der Waals surface area (Å²) in [4.78, 5) is 0. The zero-order valence-electron chi connectivity index (χ0n) is 18.2. The molecule has 0 radical (unpaired) electrons. The number of benzene rings is 2. The predicted octanol–water partition coefficient (Wildman–Crippen LogP) is 5.86. The van der Waals surface area contributed by atoms with Crippen molar-refractivity contribution in [3.63, 3.8) is 0 Å². The van der Waals surface area contributed by atoms with E-state index in [2.05, 4.69) is 74.5 Å². The Balaban J connectivity index is 1.85. The molecule has 0 saturated heterocycles. The molecule has 0 amide bonds. The van der Waals surface area contributed by atoms with Crippen LogP contribution in [-0.4, -0.2) is 38.6 Å². The average Bonchev–Trinajstić information content (AvgIpc) is 2.75. The van der Waals surface area contributed by atoms with Gasteiger partial charge in [0.15, 0.2) is 0 Å². The first-order valence-corrected chi connectivity index (χ1v) is 11.2. The standard InChI is InChI=1S/C26H38O3/c1-3-5-17-28-25(19-23-13-9-7-10-14-23)21-27-22-26(29-18-6-4-2)20-24-15-11-8-12-16-24/h7-16,25-26H,3-6,17-22H2,1-2H3. The lowest BCUT2D eigenvalue weighted by Crippen LogP contribution is -2.28. The zero-order valence-corrected chi connectivity index (χ0v) is 18.2. The third-order valence-corrected chi connectivity index (χ3v) is 4.92. The van der Waals surface area contributed by atoms with Crippen molar-refractivity contribution in [2.45, 2.75) is 64.6 Å². The number of hydrogen-bond acceptors (Lipinski definition) is 3. The summed E-state index contributed by atoms with van der Waals surface area (Å²) in [5.41, 5.74) is 2.58. The van der Waals surface area contributed by atoms with Crippen molar-refractivity contribution in [2.24, 2.45) is 0 Å². The predicted molar refractivity (Wildman–Crippen MR) is 120 cm³/mol. The minimum absolute atomic E-state index is 0.0805. The van der Waals surface area contributed by atoms with Crippen molar-refractivity contribution in [3.05, 3.63) is 71.8 Å². The largest absolute Gasteiger partial charge is 0.376 e. The molecule has 2 rings (SSSR count). The zero-order chi connectivity index (χ0) is 20.6. The molecular formula is C26H38O3. The molecule has 0 bridgehead atoms. The van der Waals surface area contributed by atoms with Crippen molar-refractivity contribution >= 4 is 0 Å². The summed E-state index contributed by atoms with van der Waals surface area (Å²) in [6, 6.07) is 21.0. The Morgan fingerprint density at radius 2 is 1.03 bits per heavy atom. The van der Waals surface area contributed by atoms with E-state index < -0.39 is 0 Å². The Hall–Kier alpha value is -1.68. The lowest BCUT2D eigenvalue weighted by atomic mass is 10.1. The summed E-state index contributed by atoms with van der Waals surface area (Å²) in [5.74, 6) is 0. The quantitative estimate of drug-likeness (QED) is 0.332. The van der Waals surface area contributed by atoms with Crippen molar-refractivity contribution < 1.29 is 14.2 Å². The van der Waals surface area contributed by atoms with Crippen LogP contribution in [0.15, 0.2) is 60.7 Å². The first-order valence-electron chi connectivity index (χ1n) is 11.2. The van der Waals surface area contributed by atoms with Gasteiger partial charge in [-0.3, -0.25) is 0 Å². The monoisotopic (exact) mass is 398 g/mol. The highest BCUT2D eigenvalue weighted by Gasteiger charge is 2.15. The van der Waals surface area contributed by atoms with Crippen molar-refractivity contribution in [2.75, 3.05) is 26.4 Å². The number of unbranched alkanes of at least 4 members (excludes halogenated alkanes) is 2. The van der Waals surface area contributed by atoms with Gasteiger partial charge in [-0.1, -0.05) is 87.4 Å². The SMILES string of the molecule is CCCCOC(COCC(Cc1ccccc1)OCCCC)Cc1ccccc1. The molecule has 160 valence electrons.